The third-order valence-corrected chi connectivity index (χ3v) is 3.66. The first kappa shape index (κ1) is 12.4. The number of aromatic nitrogens is 2. The van der Waals surface area contributed by atoms with Gasteiger partial charge in [-0.3, -0.25) is 0 Å². The van der Waals surface area contributed by atoms with E-state index in [0.717, 1.165) is 25.0 Å². The minimum absolute atomic E-state index is 0.810. The van der Waals surface area contributed by atoms with Gasteiger partial charge in [0.15, 0.2) is 0 Å². The summed E-state index contributed by atoms with van der Waals surface area (Å²) in [5.41, 5.74) is 0. The molecule has 2 rings (SSSR count). The topological polar surface area (TPSA) is 33.1 Å². The maximum atomic E-state index is 4.34. The van der Waals surface area contributed by atoms with Crippen LogP contribution < -0.4 is 5.32 Å². The van der Waals surface area contributed by atoms with Crippen molar-refractivity contribution in [3.05, 3.63) is 12.4 Å². The Morgan fingerprint density at radius 1 is 1.35 bits per heavy atom. The molecule has 4 heteroatoms. The Bertz CT molecular complexity index is 326. The van der Waals surface area contributed by atoms with Gasteiger partial charge in [-0.15, -0.1) is 0 Å². The number of imidazole rings is 1. The van der Waals surface area contributed by atoms with Gasteiger partial charge in [0.05, 0.1) is 0 Å². The molecule has 0 unspecified atom stereocenters. The van der Waals surface area contributed by atoms with E-state index in [1.165, 1.54) is 32.5 Å². The van der Waals surface area contributed by atoms with Gasteiger partial charge in [-0.1, -0.05) is 6.92 Å². The van der Waals surface area contributed by atoms with Crippen LogP contribution in [0.1, 0.15) is 26.7 Å². The molecule has 0 aromatic carbocycles. The van der Waals surface area contributed by atoms with E-state index in [2.05, 4.69) is 39.8 Å². The van der Waals surface area contributed by atoms with Crippen LogP contribution in [0.4, 0.5) is 5.95 Å². The molecular weight excluding hydrogens is 212 g/mol. The summed E-state index contributed by atoms with van der Waals surface area (Å²) >= 11 is 0. The van der Waals surface area contributed by atoms with E-state index >= 15 is 0 Å². The average Bonchev–Trinajstić information content (AvgIpc) is 2.78. The van der Waals surface area contributed by atoms with Crippen LogP contribution in [0.5, 0.6) is 0 Å². The molecule has 1 saturated heterocycles. The maximum absolute atomic E-state index is 4.34. The second-order valence-corrected chi connectivity index (χ2v) is 4.81. The summed E-state index contributed by atoms with van der Waals surface area (Å²) in [5, 5.41) is 3.31. The molecule has 4 nitrogen and oxygen atoms in total. The lowest BCUT2D eigenvalue weighted by molar-refractivity contribution is 0.181. The Labute approximate surface area is 104 Å². The van der Waals surface area contributed by atoms with E-state index in [0.29, 0.717) is 0 Å². The summed E-state index contributed by atoms with van der Waals surface area (Å²) in [7, 11) is 0. The molecule has 1 N–H and O–H groups in total. The van der Waals surface area contributed by atoms with Gasteiger partial charge >= 0.3 is 0 Å². The van der Waals surface area contributed by atoms with Crippen molar-refractivity contribution in [3.63, 3.8) is 0 Å². The second-order valence-electron chi connectivity index (χ2n) is 4.81. The Balaban J connectivity index is 1.86. The second kappa shape index (κ2) is 6.05. The van der Waals surface area contributed by atoms with Crippen LogP contribution in [-0.4, -0.2) is 40.6 Å². The van der Waals surface area contributed by atoms with Crippen molar-refractivity contribution in [3.8, 4) is 0 Å². The molecule has 0 bridgehead atoms. The summed E-state index contributed by atoms with van der Waals surface area (Å²) in [6.45, 7) is 10.1. The predicted molar refractivity (Wildman–Crippen MR) is 71.2 cm³/mol. The fourth-order valence-electron chi connectivity index (χ4n) is 2.55. The van der Waals surface area contributed by atoms with Crippen molar-refractivity contribution in [2.24, 2.45) is 5.92 Å². The quantitative estimate of drug-likeness (QED) is 0.849. The standard InChI is InChI=1S/C13H24N4/c1-3-14-13-15-7-10-17(13)11-12-5-8-16(4-2)9-6-12/h7,10,12H,3-6,8-9,11H2,1-2H3,(H,14,15). The monoisotopic (exact) mass is 236 g/mol. The van der Waals surface area contributed by atoms with Crippen LogP contribution in [-0.2, 0) is 6.54 Å². The van der Waals surface area contributed by atoms with E-state index in [-0.39, 0.29) is 0 Å². The summed E-state index contributed by atoms with van der Waals surface area (Å²) < 4.78 is 2.26. The lowest BCUT2D eigenvalue weighted by atomic mass is 9.97. The third kappa shape index (κ3) is 3.22. The molecule has 96 valence electrons. The highest BCUT2D eigenvalue weighted by Crippen LogP contribution is 2.20. The van der Waals surface area contributed by atoms with Gasteiger partial charge in [0, 0.05) is 25.5 Å². The van der Waals surface area contributed by atoms with Crippen molar-refractivity contribution in [2.45, 2.75) is 33.2 Å². The molecule has 0 aliphatic carbocycles. The molecule has 1 aliphatic heterocycles. The molecule has 0 radical (unpaired) electrons. The summed E-state index contributed by atoms with van der Waals surface area (Å²) in [6.07, 6.45) is 6.61. The Morgan fingerprint density at radius 3 is 2.76 bits per heavy atom. The first-order valence-corrected chi connectivity index (χ1v) is 6.80. The summed E-state index contributed by atoms with van der Waals surface area (Å²) in [5.74, 6) is 1.83. The van der Waals surface area contributed by atoms with Gasteiger partial charge < -0.3 is 14.8 Å². The molecule has 0 amide bonds. The lowest BCUT2D eigenvalue weighted by Crippen LogP contribution is -2.34. The number of anilines is 1. The lowest BCUT2D eigenvalue weighted by Gasteiger charge is -2.31. The Kier molecular flexibility index (Phi) is 4.42. The van der Waals surface area contributed by atoms with Crippen molar-refractivity contribution < 1.29 is 0 Å². The number of hydrogen-bond acceptors (Lipinski definition) is 3. The molecule has 0 saturated carbocycles. The highest BCUT2D eigenvalue weighted by atomic mass is 15.2. The van der Waals surface area contributed by atoms with E-state index in [9.17, 15) is 0 Å². The van der Waals surface area contributed by atoms with E-state index in [1.54, 1.807) is 0 Å². The largest absolute Gasteiger partial charge is 0.356 e. The SMILES string of the molecule is CCNc1nccn1CC1CCN(CC)CC1. The maximum Gasteiger partial charge on any atom is 0.202 e. The molecule has 1 aromatic rings. The van der Waals surface area contributed by atoms with E-state index in [1.807, 2.05) is 6.20 Å². The number of hydrogen-bond donors (Lipinski definition) is 1. The van der Waals surface area contributed by atoms with Crippen LogP contribution in [0.3, 0.4) is 0 Å². The van der Waals surface area contributed by atoms with Crippen LogP contribution in [0.25, 0.3) is 0 Å². The predicted octanol–water partition coefficient (Wildman–Crippen LogP) is 2.05. The normalized spacial score (nSPS) is 18.5. The van der Waals surface area contributed by atoms with Gasteiger partial charge in [-0.05, 0) is 45.3 Å². The van der Waals surface area contributed by atoms with Gasteiger partial charge in [0.25, 0.3) is 0 Å². The number of likely N-dealkylation sites (tertiary alicyclic amines) is 1. The van der Waals surface area contributed by atoms with Crippen molar-refractivity contribution >= 4 is 5.95 Å². The van der Waals surface area contributed by atoms with Crippen LogP contribution in [0, 0.1) is 5.92 Å². The van der Waals surface area contributed by atoms with Crippen LogP contribution in [0.2, 0.25) is 0 Å². The molecule has 1 aliphatic rings. The highest BCUT2D eigenvalue weighted by molar-refractivity contribution is 5.25. The van der Waals surface area contributed by atoms with Crippen LogP contribution >= 0.6 is 0 Å². The molecule has 0 spiro atoms. The van der Waals surface area contributed by atoms with E-state index < -0.39 is 0 Å². The molecule has 1 fully saturated rings. The Hall–Kier alpha value is -1.03. The van der Waals surface area contributed by atoms with Crippen LogP contribution in [0.15, 0.2) is 12.4 Å². The molecule has 1 aromatic heterocycles. The third-order valence-electron chi connectivity index (χ3n) is 3.66. The number of nitrogens with one attached hydrogen (secondary N) is 1. The Morgan fingerprint density at radius 2 is 2.12 bits per heavy atom. The minimum atomic E-state index is 0.810. The average molecular weight is 236 g/mol. The number of rotatable bonds is 5. The first-order valence-electron chi connectivity index (χ1n) is 6.80. The fraction of sp³-hybridized carbons (Fsp3) is 0.769. The molecule has 17 heavy (non-hydrogen) atoms. The number of nitrogens with zero attached hydrogens (tertiary/aromatic N) is 3. The molecule has 0 atom stereocenters. The van der Waals surface area contributed by atoms with Gasteiger partial charge in [0.1, 0.15) is 0 Å². The zero-order valence-corrected chi connectivity index (χ0v) is 11.0. The zero-order valence-electron chi connectivity index (χ0n) is 11.0. The molecular formula is C13H24N4. The van der Waals surface area contributed by atoms with Crippen molar-refractivity contribution in [2.75, 3.05) is 31.5 Å². The van der Waals surface area contributed by atoms with Crippen molar-refractivity contribution in [1.82, 2.24) is 14.5 Å². The van der Waals surface area contributed by atoms with Gasteiger partial charge in [-0.25, -0.2) is 4.98 Å². The molecule has 2 heterocycles. The summed E-state index contributed by atoms with van der Waals surface area (Å²) in [4.78, 5) is 6.88. The first-order chi connectivity index (χ1) is 8.33. The zero-order chi connectivity index (χ0) is 12.1. The van der Waals surface area contributed by atoms with Gasteiger partial charge in [0.2, 0.25) is 5.95 Å². The van der Waals surface area contributed by atoms with E-state index in [4.69, 9.17) is 0 Å². The highest BCUT2D eigenvalue weighted by Gasteiger charge is 2.19. The minimum Gasteiger partial charge on any atom is -0.356 e. The summed E-state index contributed by atoms with van der Waals surface area (Å²) in [6, 6.07) is 0. The fourth-order valence-corrected chi connectivity index (χ4v) is 2.55. The van der Waals surface area contributed by atoms with Gasteiger partial charge in [-0.2, -0.15) is 0 Å². The number of piperidine rings is 1. The smallest absolute Gasteiger partial charge is 0.202 e. The van der Waals surface area contributed by atoms with Crippen molar-refractivity contribution in [1.29, 1.82) is 0 Å².